The highest BCUT2D eigenvalue weighted by molar-refractivity contribution is 5.92. The quantitative estimate of drug-likeness (QED) is 0.292. The van der Waals surface area contributed by atoms with E-state index in [4.69, 9.17) is 19.7 Å². The van der Waals surface area contributed by atoms with Crippen LogP contribution in [-0.2, 0) is 17.9 Å². The van der Waals surface area contributed by atoms with E-state index in [-0.39, 0.29) is 46.6 Å². The predicted octanol–water partition coefficient (Wildman–Crippen LogP) is 5.42. The standard InChI is InChI=1S/C32H29F2N5O4/c33-24-4-6-28(37-30(24)43-18-21-2-1-19(16-35)13-25(21)34)38-10-8-32(9-11-38)15-23(32)29-36-26-5-3-20(31(40)41)14-27(26)39(29)17-22-7-12-42-22/h1-6,13-14,22-23H,7-12,15,17-18H2,(H,40,41)/t22-,23+/m0/s1. The minimum atomic E-state index is -0.962. The van der Waals surface area contributed by atoms with Gasteiger partial charge in [-0.25, -0.2) is 18.6 Å². The summed E-state index contributed by atoms with van der Waals surface area (Å²) in [6, 6.07) is 14.0. The predicted molar refractivity (Wildman–Crippen MR) is 152 cm³/mol. The van der Waals surface area contributed by atoms with Crippen molar-refractivity contribution >= 4 is 22.8 Å². The monoisotopic (exact) mass is 585 g/mol. The number of imidazole rings is 1. The molecule has 3 fully saturated rings. The summed E-state index contributed by atoms with van der Waals surface area (Å²) in [7, 11) is 0. The number of aromatic carboxylic acids is 1. The number of carboxylic acids is 1. The van der Waals surface area contributed by atoms with E-state index in [1.807, 2.05) is 6.07 Å². The van der Waals surface area contributed by atoms with Gasteiger partial charge in [0, 0.05) is 31.2 Å². The van der Waals surface area contributed by atoms with Crippen molar-refractivity contribution in [3.05, 3.63) is 82.7 Å². The highest BCUT2D eigenvalue weighted by atomic mass is 19.1. The molecule has 2 aliphatic heterocycles. The number of hydrogen-bond acceptors (Lipinski definition) is 7. The second kappa shape index (κ2) is 10.6. The fourth-order valence-corrected chi connectivity index (χ4v) is 6.38. The van der Waals surface area contributed by atoms with Gasteiger partial charge in [-0.2, -0.15) is 10.2 Å². The number of carboxylic acid groups (broad SMARTS) is 1. The number of carbonyl (C=O) groups is 1. The summed E-state index contributed by atoms with van der Waals surface area (Å²) >= 11 is 0. The number of fused-ring (bicyclic) bond motifs is 1. The fourth-order valence-electron chi connectivity index (χ4n) is 6.38. The minimum absolute atomic E-state index is 0.0954. The second-order valence-electron chi connectivity index (χ2n) is 11.6. The van der Waals surface area contributed by atoms with Gasteiger partial charge in [0.2, 0.25) is 0 Å². The number of pyridine rings is 1. The van der Waals surface area contributed by atoms with Gasteiger partial charge in [-0.15, -0.1) is 0 Å². The van der Waals surface area contributed by atoms with Crippen LogP contribution in [0.25, 0.3) is 11.0 Å². The molecule has 2 aromatic carbocycles. The Morgan fingerprint density at radius 3 is 2.63 bits per heavy atom. The van der Waals surface area contributed by atoms with Crippen LogP contribution in [0, 0.1) is 28.4 Å². The molecule has 2 saturated heterocycles. The molecule has 1 saturated carbocycles. The van der Waals surface area contributed by atoms with Crippen molar-refractivity contribution in [2.24, 2.45) is 5.41 Å². The van der Waals surface area contributed by atoms with E-state index in [0.717, 1.165) is 68.3 Å². The van der Waals surface area contributed by atoms with E-state index in [1.165, 1.54) is 18.2 Å². The van der Waals surface area contributed by atoms with Gasteiger partial charge in [0.15, 0.2) is 5.82 Å². The van der Waals surface area contributed by atoms with Gasteiger partial charge >= 0.3 is 5.97 Å². The normalized spacial score (nSPS) is 20.5. The van der Waals surface area contributed by atoms with Crippen LogP contribution in [0.15, 0.2) is 48.5 Å². The maximum atomic E-state index is 14.6. The van der Waals surface area contributed by atoms with Gasteiger partial charge in [-0.05, 0) is 73.6 Å². The van der Waals surface area contributed by atoms with Crippen LogP contribution in [0.5, 0.6) is 5.88 Å². The first-order chi connectivity index (χ1) is 20.8. The Labute approximate surface area is 246 Å². The van der Waals surface area contributed by atoms with Gasteiger partial charge in [-0.3, -0.25) is 0 Å². The van der Waals surface area contributed by atoms with E-state index in [0.29, 0.717) is 12.4 Å². The van der Waals surface area contributed by atoms with Gasteiger partial charge in [-0.1, -0.05) is 6.07 Å². The molecule has 9 nitrogen and oxygen atoms in total. The Morgan fingerprint density at radius 1 is 1.12 bits per heavy atom. The van der Waals surface area contributed by atoms with E-state index < -0.39 is 17.6 Å². The lowest BCUT2D eigenvalue weighted by atomic mass is 9.90. The number of benzene rings is 2. The number of aromatic nitrogens is 3. The molecule has 0 unspecified atom stereocenters. The molecule has 2 atom stereocenters. The third-order valence-corrected chi connectivity index (χ3v) is 9.13. The number of piperidine rings is 1. The van der Waals surface area contributed by atoms with Crippen molar-refractivity contribution in [1.82, 2.24) is 14.5 Å². The molecule has 0 radical (unpaired) electrons. The topological polar surface area (TPSA) is 114 Å². The maximum Gasteiger partial charge on any atom is 0.335 e. The zero-order valence-electron chi connectivity index (χ0n) is 23.3. The smallest absolute Gasteiger partial charge is 0.335 e. The lowest BCUT2D eigenvalue weighted by Gasteiger charge is -2.34. The molecule has 7 rings (SSSR count). The summed E-state index contributed by atoms with van der Waals surface area (Å²) in [5, 5.41) is 18.5. The summed E-state index contributed by atoms with van der Waals surface area (Å²) in [6.45, 7) is 2.65. The first kappa shape index (κ1) is 27.3. The molecule has 43 heavy (non-hydrogen) atoms. The SMILES string of the molecule is N#Cc1ccc(COc2nc(N3CCC4(CC3)C[C@@H]4c3nc4ccc(C(=O)O)cc4n3C[C@@H]3CCO3)ccc2F)c(F)c1. The van der Waals surface area contributed by atoms with Crippen molar-refractivity contribution in [3.8, 4) is 11.9 Å². The van der Waals surface area contributed by atoms with Crippen LogP contribution in [0.2, 0.25) is 0 Å². The molecule has 4 heterocycles. The zero-order chi connectivity index (χ0) is 29.7. The number of halogens is 2. The number of nitrogens with zero attached hydrogens (tertiary/aromatic N) is 5. The van der Waals surface area contributed by atoms with Crippen LogP contribution in [0.1, 0.15) is 58.9 Å². The van der Waals surface area contributed by atoms with Gasteiger partial charge < -0.3 is 24.0 Å². The molecule has 1 spiro atoms. The average molecular weight is 586 g/mol. The van der Waals surface area contributed by atoms with Crippen molar-refractivity contribution < 1.29 is 28.2 Å². The summed E-state index contributed by atoms with van der Waals surface area (Å²) in [5.74, 6) is -0.528. The number of anilines is 1. The van der Waals surface area contributed by atoms with Crippen LogP contribution in [0.3, 0.4) is 0 Å². The molecule has 220 valence electrons. The van der Waals surface area contributed by atoms with Gasteiger partial charge in [0.05, 0.1) is 40.9 Å². The Kier molecular flexibility index (Phi) is 6.73. The van der Waals surface area contributed by atoms with E-state index in [9.17, 15) is 18.7 Å². The Balaban J connectivity index is 1.05. The molecule has 2 aromatic heterocycles. The molecule has 1 aliphatic carbocycles. The van der Waals surface area contributed by atoms with Crippen molar-refractivity contribution in [2.45, 2.75) is 50.9 Å². The summed E-state index contributed by atoms with van der Waals surface area (Å²) in [5.41, 5.74) is 2.37. The number of rotatable bonds is 8. The number of ether oxygens (including phenoxy) is 2. The second-order valence-corrected chi connectivity index (χ2v) is 11.6. The lowest BCUT2D eigenvalue weighted by Crippen LogP contribution is -2.36. The Morgan fingerprint density at radius 2 is 1.93 bits per heavy atom. The van der Waals surface area contributed by atoms with E-state index in [2.05, 4.69) is 14.5 Å². The zero-order valence-corrected chi connectivity index (χ0v) is 23.3. The third-order valence-electron chi connectivity index (χ3n) is 9.13. The lowest BCUT2D eigenvalue weighted by molar-refractivity contribution is -0.0590. The molecule has 0 amide bonds. The van der Waals surface area contributed by atoms with Crippen molar-refractivity contribution in [1.29, 1.82) is 5.26 Å². The summed E-state index contributed by atoms with van der Waals surface area (Å²) < 4.78 is 42.3. The molecular formula is C32H29F2N5O4. The maximum absolute atomic E-state index is 14.6. The molecule has 0 bridgehead atoms. The number of hydrogen-bond donors (Lipinski definition) is 1. The van der Waals surface area contributed by atoms with Crippen LogP contribution in [-0.4, -0.2) is 51.4 Å². The highest BCUT2D eigenvalue weighted by Gasteiger charge is 2.57. The average Bonchev–Trinajstić information content (AvgIpc) is 3.55. The molecular weight excluding hydrogens is 556 g/mol. The molecule has 1 N–H and O–H groups in total. The van der Waals surface area contributed by atoms with Gasteiger partial charge in [0.1, 0.15) is 24.1 Å². The van der Waals surface area contributed by atoms with Crippen molar-refractivity contribution in [3.63, 3.8) is 0 Å². The van der Waals surface area contributed by atoms with E-state index in [1.54, 1.807) is 24.3 Å². The van der Waals surface area contributed by atoms with Crippen LogP contribution < -0.4 is 9.64 Å². The van der Waals surface area contributed by atoms with Crippen LogP contribution >= 0.6 is 0 Å². The fraction of sp³-hybridized carbons (Fsp3) is 0.375. The molecule has 3 aliphatic rings. The first-order valence-corrected chi connectivity index (χ1v) is 14.4. The Hall–Kier alpha value is -4.56. The molecule has 11 heteroatoms. The van der Waals surface area contributed by atoms with E-state index >= 15 is 0 Å². The van der Waals surface area contributed by atoms with Crippen molar-refractivity contribution in [2.75, 3.05) is 24.6 Å². The van der Waals surface area contributed by atoms with Crippen LogP contribution in [0.4, 0.5) is 14.6 Å². The summed E-state index contributed by atoms with van der Waals surface area (Å²) in [6.07, 6.45) is 3.90. The first-order valence-electron chi connectivity index (χ1n) is 14.4. The third kappa shape index (κ3) is 5.06. The highest BCUT2D eigenvalue weighted by Crippen LogP contribution is 2.65. The number of nitriles is 1. The molecule has 4 aromatic rings. The minimum Gasteiger partial charge on any atom is -0.478 e. The Bertz CT molecular complexity index is 1770. The summed E-state index contributed by atoms with van der Waals surface area (Å²) in [4.78, 5) is 23.2. The van der Waals surface area contributed by atoms with Gasteiger partial charge in [0.25, 0.3) is 5.88 Å². The largest absolute Gasteiger partial charge is 0.478 e.